The Morgan fingerprint density at radius 3 is 1.78 bits per heavy atom. The third-order valence-corrected chi connectivity index (χ3v) is 13.6. The summed E-state index contributed by atoms with van der Waals surface area (Å²) >= 11 is 5.61. The van der Waals surface area contributed by atoms with Crippen LogP contribution in [0.2, 0.25) is 0 Å². The number of quaternary nitrogens is 1. The van der Waals surface area contributed by atoms with Gasteiger partial charge in [-0.25, -0.2) is 4.79 Å². The molecule has 0 amide bonds. The van der Waals surface area contributed by atoms with E-state index in [-0.39, 0.29) is 24.7 Å². The molecule has 1 atom stereocenters. The Bertz CT molecular complexity index is 2200. The molecular weight excluding hydrogens is 862 g/mol. The van der Waals surface area contributed by atoms with E-state index in [1.807, 2.05) is 50.5 Å². The molecule has 65 heavy (non-hydrogen) atoms. The molecule has 1 spiro atoms. The Hall–Kier alpha value is -4.49. The number of carbonyl (C=O) groups excluding carboxylic acids is 1. The van der Waals surface area contributed by atoms with Crippen molar-refractivity contribution in [3.05, 3.63) is 112 Å². The number of esters is 1. The molecule has 352 valence electrons. The second kappa shape index (κ2) is 23.8. The number of carbonyl (C=O) groups is 1. The Kier molecular flexibility index (Phi) is 18.3. The largest absolute Gasteiger partial charge is 0.756 e. The number of phenolic OH excluding ortho intramolecular Hbond substituents is 2. The molecule has 4 aromatic rings. The lowest BCUT2D eigenvalue weighted by Crippen LogP contribution is -2.41. The number of phosphoric ester groups is 1. The number of rotatable bonds is 27. The normalized spacial score (nSPS) is 14.5. The van der Waals surface area contributed by atoms with Crippen LogP contribution in [-0.2, 0) is 37.0 Å². The van der Waals surface area contributed by atoms with E-state index in [1.165, 1.54) is 108 Å². The van der Waals surface area contributed by atoms with Crippen LogP contribution in [0.25, 0.3) is 0 Å². The third kappa shape index (κ3) is 14.3. The van der Waals surface area contributed by atoms with Crippen LogP contribution in [0.15, 0.2) is 78.9 Å². The van der Waals surface area contributed by atoms with E-state index in [1.54, 1.807) is 18.2 Å². The summed E-state index contributed by atoms with van der Waals surface area (Å²) in [6.45, 7) is 4.09. The number of unbranched alkanes of at least 4 members (excludes halogenated alkanes) is 15. The number of hydrogen-bond acceptors (Lipinski definition) is 10. The molecular formula is C51H68N3O9PS. The highest BCUT2D eigenvalue weighted by Crippen LogP contribution is 2.57. The maximum atomic E-state index is 13.5. The van der Waals surface area contributed by atoms with E-state index in [0.717, 1.165) is 24.0 Å². The molecule has 0 aromatic heterocycles. The number of phosphoric acid groups is 1. The fourth-order valence-electron chi connectivity index (χ4n) is 8.74. The van der Waals surface area contributed by atoms with Crippen LogP contribution in [0.4, 0.5) is 5.69 Å². The first-order chi connectivity index (χ1) is 31.3. The highest BCUT2D eigenvalue weighted by Gasteiger charge is 2.53. The molecule has 0 fully saturated rings. The Balaban J connectivity index is 0.864. The highest BCUT2D eigenvalue weighted by molar-refractivity contribution is 7.80. The molecule has 2 aliphatic heterocycles. The number of thiocarbonyl (C=S) groups is 1. The molecule has 12 nitrogen and oxygen atoms in total. The van der Waals surface area contributed by atoms with Crippen molar-refractivity contribution in [2.75, 3.05) is 39.2 Å². The Morgan fingerprint density at radius 1 is 0.708 bits per heavy atom. The van der Waals surface area contributed by atoms with Gasteiger partial charge in [-0.3, -0.25) is 4.57 Å². The minimum Gasteiger partial charge on any atom is -0.756 e. The lowest BCUT2D eigenvalue weighted by atomic mass is 9.77. The van der Waals surface area contributed by atoms with Gasteiger partial charge in [0.2, 0.25) is 0 Å². The van der Waals surface area contributed by atoms with Crippen LogP contribution in [0.1, 0.15) is 148 Å². The lowest BCUT2D eigenvalue weighted by Gasteiger charge is -2.36. The SMILES string of the molecule is CCCCCCCCCCCCCCCCCCOP(=O)([O-])OCC[N+](C)(C)Cc1ccc(CNC(=S)Nc2ccc3c(c2)C(=O)OC32c3ccc(O)cc3Oc3cc(O)ccc32)cc1. The zero-order valence-corrected chi connectivity index (χ0v) is 40.1. The van der Waals surface area contributed by atoms with Crippen LogP contribution in [0, 0.1) is 0 Å². The molecule has 14 heteroatoms. The van der Waals surface area contributed by atoms with Gasteiger partial charge in [-0.15, -0.1) is 0 Å². The van der Waals surface area contributed by atoms with Gasteiger partial charge < -0.3 is 48.7 Å². The zero-order valence-electron chi connectivity index (χ0n) is 38.4. The molecule has 2 heterocycles. The first-order valence-corrected chi connectivity index (χ1v) is 25.4. The summed E-state index contributed by atoms with van der Waals surface area (Å²) in [5, 5.41) is 27.1. The molecule has 0 saturated carbocycles. The van der Waals surface area contributed by atoms with Crippen LogP contribution < -0.4 is 20.3 Å². The maximum Gasteiger partial charge on any atom is 0.340 e. The number of likely N-dealkylation sites (N-methyl/N-ethyl adjacent to an activating group) is 1. The van der Waals surface area contributed by atoms with Crippen LogP contribution in [0.5, 0.6) is 23.0 Å². The summed E-state index contributed by atoms with van der Waals surface area (Å²) in [6, 6.07) is 22.7. The van der Waals surface area contributed by atoms with Gasteiger partial charge in [0.05, 0.1) is 26.3 Å². The fourth-order valence-corrected chi connectivity index (χ4v) is 9.66. The predicted molar refractivity (Wildman–Crippen MR) is 257 cm³/mol. The molecule has 0 bridgehead atoms. The second-order valence-corrected chi connectivity index (χ2v) is 20.0. The monoisotopic (exact) mass is 929 g/mol. The molecule has 1 unspecified atom stereocenters. The zero-order chi connectivity index (χ0) is 46.3. The number of aromatic hydroxyl groups is 2. The van der Waals surface area contributed by atoms with E-state index >= 15 is 0 Å². The summed E-state index contributed by atoms with van der Waals surface area (Å²) in [4.78, 5) is 25.9. The van der Waals surface area contributed by atoms with Crippen molar-refractivity contribution in [3.63, 3.8) is 0 Å². The number of benzene rings is 4. The van der Waals surface area contributed by atoms with Crippen molar-refractivity contribution >= 4 is 36.8 Å². The van der Waals surface area contributed by atoms with Gasteiger partial charge >= 0.3 is 5.97 Å². The standard InChI is InChI=1S/C51H68N3O9PS/c1-4-5-6-7-8-9-10-11-12-13-14-15-16-17-18-19-31-60-64(58,59)61-32-30-54(2,3)37-39-22-20-38(21-23-39)36-52-50(65)53-40-24-27-44-43(33-40)49(57)63-51(44)45-28-25-41(55)34-47(45)62-48-35-42(56)26-29-46(48)51/h20-29,33-35H,4-19,30-32,36-37H2,1-3H3,(H4-,52,53,55,56,58,59,65). The minimum atomic E-state index is -4.36. The van der Waals surface area contributed by atoms with Gasteiger partial charge in [0.1, 0.15) is 42.7 Å². The number of anilines is 1. The number of fused-ring (bicyclic) bond motifs is 6. The molecule has 4 N–H and O–H groups in total. The first kappa shape index (κ1) is 49.9. The third-order valence-electron chi connectivity index (χ3n) is 12.3. The first-order valence-electron chi connectivity index (χ1n) is 23.6. The number of nitrogens with zero attached hydrogens (tertiary/aromatic N) is 1. The Labute approximate surface area is 390 Å². The van der Waals surface area contributed by atoms with Gasteiger partial charge in [0, 0.05) is 46.6 Å². The average Bonchev–Trinajstić information content (AvgIpc) is 3.54. The minimum absolute atomic E-state index is 0.0125. The summed E-state index contributed by atoms with van der Waals surface area (Å²) < 4.78 is 35.5. The topological polar surface area (TPSA) is 159 Å². The summed E-state index contributed by atoms with van der Waals surface area (Å²) in [5.41, 5.74) is 3.39. The molecule has 0 aliphatic carbocycles. The van der Waals surface area contributed by atoms with E-state index < -0.39 is 19.4 Å². The maximum absolute atomic E-state index is 13.5. The molecule has 4 aromatic carbocycles. The average molecular weight is 930 g/mol. The molecule has 0 radical (unpaired) electrons. The van der Waals surface area contributed by atoms with Gasteiger partial charge in [0.25, 0.3) is 7.82 Å². The van der Waals surface area contributed by atoms with Gasteiger partial charge in [-0.1, -0.05) is 134 Å². The quantitative estimate of drug-likeness (QED) is 0.0148. The van der Waals surface area contributed by atoms with Crippen molar-refractivity contribution in [1.82, 2.24) is 5.32 Å². The number of phenols is 2. The Morgan fingerprint density at radius 2 is 1.22 bits per heavy atom. The predicted octanol–water partition coefficient (Wildman–Crippen LogP) is 11.5. The van der Waals surface area contributed by atoms with Crippen LogP contribution in [0.3, 0.4) is 0 Å². The van der Waals surface area contributed by atoms with Crippen molar-refractivity contribution in [2.24, 2.45) is 0 Å². The van der Waals surface area contributed by atoms with Crippen molar-refractivity contribution in [2.45, 2.75) is 128 Å². The lowest BCUT2D eigenvalue weighted by molar-refractivity contribution is -0.903. The highest BCUT2D eigenvalue weighted by atomic mass is 32.1. The number of ether oxygens (including phenoxy) is 2. The van der Waals surface area contributed by atoms with E-state index in [0.29, 0.717) is 75.1 Å². The van der Waals surface area contributed by atoms with Gasteiger partial charge in [-0.2, -0.15) is 0 Å². The second-order valence-electron chi connectivity index (χ2n) is 18.2. The van der Waals surface area contributed by atoms with Crippen molar-refractivity contribution in [3.8, 4) is 23.0 Å². The fraction of sp³-hybridized carbons (Fsp3) is 0.490. The van der Waals surface area contributed by atoms with E-state index in [9.17, 15) is 24.5 Å². The van der Waals surface area contributed by atoms with Crippen molar-refractivity contribution in [1.29, 1.82) is 0 Å². The van der Waals surface area contributed by atoms with Crippen LogP contribution >= 0.6 is 20.0 Å². The smallest absolute Gasteiger partial charge is 0.340 e. The number of nitrogens with one attached hydrogen (secondary N) is 2. The summed E-state index contributed by atoms with van der Waals surface area (Å²) in [6.07, 6.45) is 20.2. The summed E-state index contributed by atoms with van der Waals surface area (Å²) in [7, 11) is -0.285. The molecule has 6 rings (SSSR count). The van der Waals surface area contributed by atoms with Crippen molar-refractivity contribution < 1.29 is 47.5 Å². The van der Waals surface area contributed by atoms with E-state index in [4.69, 9.17) is 30.7 Å². The van der Waals surface area contributed by atoms with Gasteiger partial charge in [-0.05, 0) is 60.6 Å². The van der Waals surface area contributed by atoms with Gasteiger partial charge in [0.15, 0.2) is 10.7 Å². The number of hydrogen-bond donors (Lipinski definition) is 4. The molecule has 0 saturated heterocycles. The summed E-state index contributed by atoms with van der Waals surface area (Å²) in [5.74, 6) is 0.0631. The van der Waals surface area contributed by atoms with Crippen LogP contribution in [-0.4, -0.2) is 59.6 Å². The molecule has 2 aliphatic rings. The van der Waals surface area contributed by atoms with E-state index in [2.05, 4.69) is 17.6 Å².